The molecule has 2 atom stereocenters. The van der Waals surface area contributed by atoms with Crippen LogP contribution in [-0.2, 0) is 4.74 Å². The van der Waals surface area contributed by atoms with Gasteiger partial charge >= 0.3 is 0 Å². The van der Waals surface area contributed by atoms with Crippen LogP contribution in [0.15, 0.2) is 0 Å². The lowest BCUT2D eigenvalue weighted by molar-refractivity contribution is -0.0465. The molecule has 0 aromatic heterocycles. The van der Waals surface area contributed by atoms with Crippen LogP contribution >= 0.6 is 0 Å². The molecule has 94 valence electrons. The van der Waals surface area contributed by atoms with Gasteiger partial charge < -0.3 is 10.1 Å². The van der Waals surface area contributed by atoms with Crippen molar-refractivity contribution in [2.45, 2.75) is 44.8 Å². The quantitative estimate of drug-likeness (QED) is 0.786. The molecule has 1 aliphatic carbocycles. The molecule has 0 aromatic carbocycles. The lowest BCUT2D eigenvalue weighted by Gasteiger charge is -2.39. The van der Waals surface area contributed by atoms with Crippen LogP contribution in [0.1, 0.15) is 32.6 Å². The maximum Gasteiger partial charge on any atom is 0.0826 e. The summed E-state index contributed by atoms with van der Waals surface area (Å²) in [5.74, 6) is 0.938. The molecule has 1 N–H and O–H groups in total. The SMILES string of the molecule is CNCC1CN(C(C)C2CCCC2)CCO1. The van der Waals surface area contributed by atoms with E-state index >= 15 is 0 Å². The van der Waals surface area contributed by atoms with Crippen molar-refractivity contribution in [2.75, 3.05) is 33.3 Å². The summed E-state index contributed by atoms with van der Waals surface area (Å²) in [6.45, 7) is 6.53. The molecule has 1 heterocycles. The van der Waals surface area contributed by atoms with Crippen molar-refractivity contribution in [1.82, 2.24) is 10.2 Å². The average molecular weight is 226 g/mol. The first-order valence-electron chi connectivity index (χ1n) is 6.81. The van der Waals surface area contributed by atoms with Gasteiger partial charge in [0, 0.05) is 25.7 Å². The summed E-state index contributed by atoms with van der Waals surface area (Å²) in [5, 5.41) is 3.21. The molecule has 3 nitrogen and oxygen atoms in total. The molecule has 2 unspecified atom stereocenters. The molecular formula is C13H26N2O. The van der Waals surface area contributed by atoms with Crippen molar-refractivity contribution in [1.29, 1.82) is 0 Å². The highest BCUT2D eigenvalue weighted by Crippen LogP contribution is 2.30. The highest BCUT2D eigenvalue weighted by Gasteiger charge is 2.29. The second kappa shape index (κ2) is 5.99. The van der Waals surface area contributed by atoms with E-state index in [4.69, 9.17) is 4.74 Å². The van der Waals surface area contributed by atoms with Crippen LogP contribution in [0.5, 0.6) is 0 Å². The van der Waals surface area contributed by atoms with Gasteiger partial charge in [0.1, 0.15) is 0 Å². The number of ether oxygens (including phenoxy) is 1. The van der Waals surface area contributed by atoms with E-state index in [1.54, 1.807) is 0 Å². The monoisotopic (exact) mass is 226 g/mol. The van der Waals surface area contributed by atoms with Gasteiger partial charge in [-0.25, -0.2) is 0 Å². The van der Waals surface area contributed by atoms with Crippen LogP contribution in [0.3, 0.4) is 0 Å². The first-order valence-corrected chi connectivity index (χ1v) is 6.81. The van der Waals surface area contributed by atoms with Crippen molar-refractivity contribution in [2.24, 2.45) is 5.92 Å². The third-order valence-corrected chi connectivity index (χ3v) is 4.26. The van der Waals surface area contributed by atoms with Gasteiger partial charge in [-0.2, -0.15) is 0 Å². The fourth-order valence-corrected chi connectivity index (χ4v) is 3.20. The zero-order valence-corrected chi connectivity index (χ0v) is 10.7. The second-order valence-corrected chi connectivity index (χ2v) is 5.33. The molecule has 2 aliphatic rings. The Morgan fingerprint density at radius 2 is 2.12 bits per heavy atom. The average Bonchev–Trinajstić information content (AvgIpc) is 2.82. The summed E-state index contributed by atoms with van der Waals surface area (Å²) in [4.78, 5) is 2.64. The molecule has 1 aliphatic heterocycles. The summed E-state index contributed by atoms with van der Waals surface area (Å²) < 4.78 is 5.76. The Morgan fingerprint density at radius 3 is 2.81 bits per heavy atom. The molecule has 0 spiro atoms. The number of rotatable bonds is 4. The maximum absolute atomic E-state index is 5.76. The van der Waals surface area contributed by atoms with Crippen LogP contribution in [0.4, 0.5) is 0 Å². The Bertz CT molecular complexity index is 202. The third-order valence-electron chi connectivity index (χ3n) is 4.26. The Kier molecular flexibility index (Phi) is 4.62. The van der Waals surface area contributed by atoms with Gasteiger partial charge in [0.2, 0.25) is 0 Å². The van der Waals surface area contributed by atoms with Gasteiger partial charge in [0.25, 0.3) is 0 Å². The fraction of sp³-hybridized carbons (Fsp3) is 1.00. The lowest BCUT2D eigenvalue weighted by atomic mass is 9.97. The molecule has 0 amide bonds. The molecule has 0 radical (unpaired) electrons. The standard InChI is InChI=1S/C13H26N2O/c1-11(12-5-3-4-6-12)15-7-8-16-13(10-15)9-14-2/h11-14H,3-10H2,1-2H3. The summed E-state index contributed by atoms with van der Waals surface area (Å²) in [7, 11) is 2.00. The van der Waals surface area contributed by atoms with E-state index in [-0.39, 0.29) is 0 Å². The topological polar surface area (TPSA) is 24.5 Å². The minimum absolute atomic E-state index is 0.391. The van der Waals surface area contributed by atoms with Gasteiger partial charge in [-0.1, -0.05) is 12.8 Å². The van der Waals surface area contributed by atoms with Gasteiger partial charge in [-0.3, -0.25) is 4.90 Å². The molecule has 2 rings (SSSR count). The molecule has 0 aromatic rings. The number of nitrogens with zero attached hydrogens (tertiary/aromatic N) is 1. The van der Waals surface area contributed by atoms with Crippen LogP contribution in [0, 0.1) is 5.92 Å². The second-order valence-electron chi connectivity index (χ2n) is 5.33. The minimum atomic E-state index is 0.391. The van der Waals surface area contributed by atoms with E-state index in [0.29, 0.717) is 6.10 Å². The third kappa shape index (κ3) is 2.96. The Hall–Kier alpha value is -0.120. The van der Waals surface area contributed by atoms with E-state index < -0.39 is 0 Å². The summed E-state index contributed by atoms with van der Waals surface area (Å²) in [6, 6.07) is 0.755. The van der Waals surface area contributed by atoms with Crippen LogP contribution in [-0.4, -0.2) is 50.3 Å². The minimum Gasteiger partial charge on any atom is -0.374 e. The lowest BCUT2D eigenvalue weighted by Crippen LogP contribution is -2.51. The predicted molar refractivity (Wildman–Crippen MR) is 66.7 cm³/mol. The van der Waals surface area contributed by atoms with Gasteiger partial charge in [-0.15, -0.1) is 0 Å². The molecule has 0 bridgehead atoms. The Morgan fingerprint density at radius 1 is 1.38 bits per heavy atom. The van der Waals surface area contributed by atoms with E-state index in [9.17, 15) is 0 Å². The molecule has 16 heavy (non-hydrogen) atoms. The zero-order chi connectivity index (χ0) is 11.4. The molecule has 2 fully saturated rings. The van der Waals surface area contributed by atoms with Crippen molar-refractivity contribution < 1.29 is 4.74 Å². The van der Waals surface area contributed by atoms with Crippen molar-refractivity contribution >= 4 is 0 Å². The Labute approximate surface area is 99.5 Å². The van der Waals surface area contributed by atoms with Crippen molar-refractivity contribution in [3.05, 3.63) is 0 Å². The van der Waals surface area contributed by atoms with Crippen molar-refractivity contribution in [3.63, 3.8) is 0 Å². The van der Waals surface area contributed by atoms with Crippen LogP contribution < -0.4 is 5.32 Å². The highest BCUT2D eigenvalue weighted by molar-refractivity contribution is 4.83. The van der Waals surface area contributed by atoms with E-state index in [1.165, 1.54) is 25.7 Å². The highest BCUT2D eigenvalue weighted by atomic mass is 16.5. The largest absolute Gasteiger partial charge is 0.374 e. The predicted octanol–water partition coefficient (Wildman–Crippen LogP) is 1.49. The number of hydrogen-bond acceptors (Lipinski definition) is 3. The number of likely N-dealkylation sites (N-methyl/N-ethyl adjacent to an activating group) is 1. The smallest absolute Gasteiger partial charge is 0.0826 e. The normalized spacial score (nSPS) is 30.8. The summed E-state index contributed by atoms with van der Waals surface area (Å²) in [6.07, 6.45) is 6.16. The van der Waals surface area contributed by atoms with E-state index in [2.05, 4.69) is 17.1 Å². The van der Waals surface area contributed by atoms with Gasteiger partial charge in [0.05, 0.1) is 12.7 Å². The van der Waals surface area contributed by atoms with Gasteiger partial charge in [-0.05, 0) is 32.7 Å². The molecule has 1 saturated heterocycles. The number of hydrogen-bond donors (Lipinski definition) is 1. The fourth-order valence-electron chi connectivity index (χ4n) is 3.20. The number of nitrogens with one attached hydrogen (secondary N) is 1. The van der Waals surface area contributed by atoms with Crippen molar-refractivity contribution in [3.8, 4) is 0 Å². The van der Waals surface area contributed by atoms with E-state index in [0.717, 1.165) is 38.2 Å². The maximum atomic E-state index is 5.76. The summed E-state index contributed by atoms with van der Waals surface area (Å²) in [5.41, 5.74) is 0. The summed E-state index contributed by atoms with van der Waals surface area (Å²) >= 11 is 0. The van der Waals surface area contributed by atoms with Gasteiger partial charge in [0.15, 0.2) is 0 Å². The number of morpholine rings is 1. The first kappa shape index (κ1) is 12.3. The van der Waals surface area contributed by atoms with E-state index in [1.807, 2.05) is 7.05 Å². The molecular weight excluding hydrogens is 200 g/mol. The van der Waals surface area contributed by atoms with Crippen LogP contribution in [0.2, 0.25) is 0 Å². The molecule has 3 heteroatoms. The first-order chi connectivity index (χ1) is 7.81. The van der Waals surface area contributed by atoms with Crippen LogP contribution in [0.25, 0.3) is 0 Å². The Balaban J connectivity index is 1.82. The zero-order valence-electron chi connectivity index (χ0n) is 10.7. The molecule has 1 saturated carbocycles.